The summed E-state index contributed by atoms with van der Waals surface area (Å²) in [5.41, 5.74) is 0. The van der Waals surface area contributed by atoms with Crippen molar-refractivity contribution in [2.24, 2.45) is 17.8 Å². The Morgan fingerprint density at radius 3 is 2.25 bits per heavy atom. The lowest BCUT2D eigenvalue weighted by Crippen LogP contribution is -2.44. The third kappa shape index (κ3) is 3.21. The first kappa shape index (κ1) is 11.9. The van der Waals surface area contributed by atoms with Crippen molar-refractivity contribution in [3.8, 4) is 0 Å². The Hall–Kier alpha value is -0.570. The lowest BCUT2D eigenvalue weighted by molar-refractivity contribution is -0.122. The summed E-state index contributed by atoms with van der Waals surface area (Å²) in [6, 6.07) is -0.0417. The maximum absolute atomic E-state index is 11.6. The standard InChI is InChI=1S/C13H24N2O/c1-3-14-13(16)9(2)15-8-12(10-4-5-10)11-6-7-11/h9-12,15H,3-8H2,1-2H3,(H,14,16). The van der Waals surface area contributed by atoms with E-state index < -0.39 is 0 Å². The van der Waals surface area contributed by atoms with Crippen molar-refractivity contribution in [2.75, 3.05) is 13.1 Å². The molecule has 0 aromatic rings. The van der Waals surface area contributed by atoms with Gasteiger partial charge in [-0.25, -0.2) is 0 Å². The summed E-state index contributed by atoms with van der Waals surface area (Å²) < 4.78 is 0. The van der Waals surface area contributed by atoms with E-state index in [4.69, 9.17) is 0 Å². The summed E-state index contributed by atoms with van der Waals surface area (Å²) in [4.78, 5) is 11.6. The van der Waals surface area contributed by atoms with Gasteiger partial charge in [0.1, 0.15) is 0 Å². The van der Waals surface area contributed by atoms with Crippen LogP contribution in [0.4, 0.5) is 0 Å². The maximum Gasteiger partial charge on any atom is 0.236 e. The van der Waals surface area contributed by atoms with Crippen LogP contribution in [0.15, 0.2) is 0 Å². The van der Waals surface area contributed by atoms with Crippen LogP contribution >= 0.6 is 0 Å². The van der Waals surface area contributed by atoms with E-state index in [1.54, 1.807) is 0 Å². The number of likely N-dealkylation sites (N-methyl/N-ethyl adjacent to an activating group) is 1. The van der Waals surface area contributed by atoms with Crippen molar-refractivity contribution in [3.05, 3.63) is 0 Å². The Kier molecular flexibility index (Phi) is 3.85. The zero-order valence-corrected chi connectivity index (χ0v) is 10.5. The molecule has 3 heteroatoms. The summed E-state index contributed by atoms with van der Waals surface area (Å²) in [5.74, 6) is 2.90. The molecular weight excluding hydrogens is 200 g/mol. The molecule has 16 heavy (non-hydrogen) atoms. The van der Waals surface area contributed by atoms with Gasteiger partial charge in [-0.3, -0.25) is 4.79 Å². The zero-order chi connectivity index (χ0) is 11.5. The van der Waals surface area contributed by atoms with Crippen molar-refractivity contribution >= 4 is 5.91 Å². The third-order valence-corrected chi connectivity index (χ3v) is 3.86. The molecule has 0 bridgehead atoms. The fourth-order valence-electron chi connectivity index (χ4n) is 2.50. The molecule has 3 nitrogen and oxygen atoms in total. The smallest absolute Gasteiger partial charge is 0.236 e. The first-order valence-electron chi connectivity index (χ1n) is 6.73. The highest BCUT2D eigenvalue weighted by Crippen LogP contribution is 2.48. The number of amides is 1. The van der Waals surface area contributed by atoms with E-state index in [1.807, 2.05) is 13.8 Å². The van der Waals surface area contributed by atoms with Crippen LogP contribution in [0.3, 0.4) is 0 Å². The molecule has 0 saturated heterocycles. The topological polar surface area (TPSA) is 41.1 Å². The molecule has 0 spiro atoms. The average molecular weight is 224 g/mol. The predicted molar refractivity (Wildman–Crippen MR) is 65.1 cm³/mol. The number of carbonyl (C=O) groups excluding carboxylic acids is 1. The fourth-order valence-corrected chi connectivity index (χ4v) is 2.50. The summed E-state index contributed by atoms with van der Waals surface area (Å²) in [6.07, 6.45) is 5.66. The minimum atomic E-state index is -0.0417. The number of carbonyl (C=O) groups is 1. The number of hydrogen-bond acceptors (Lipinski definition) is 2. The van der Waals surface area contributed by atoms with E-state index in [9.17, 15) is 4.79 Å². The van der Waals surface area contributed by atoms with E-state index >= 15 is 0 Å². The van der Waals surface area contributed by atoms with Crippen LogP contribution in [0.25, 0.3) is 0 Å². The molecule has 2 aliphatic rings. The molecule has 0 radical (unpaired) electrons. The molecular formula is C13H24N2O. The molecule has 1 unspecified atom stereocenters. The van der Waals surface area contributed by atoms with Gasteiger partial charge in [-0.2, -0.15) is 0 Å². The molecule has 0 aromatic carbocycles. The van der Waals surface area contributed by atoms with Gasteiger partial charge in [0.2, 0.25) is 5.91 Å². The van der Waals surface area contributed by atoms with E-state index in [0.29, 0.717) is 0 Å². The van der Waals surface area contributed by atoms with Gasteiger partial charge in [-0.05, 0) is 63.8 Å². The van der Waals surface area contributed by atoms with Crippen LogP contribution in [-0.4, -0.2) is 25.0 Å². The number of rotatable bonds is 7. The predicted octanol–water partition coefficient (Wildman–Crippen LogP) is 1.54. The van der Waals surface area contributed by atoms with Crippen molar-refractivity contribution in [1.82, 2.24) is 10.6 Å². The lowest BCUT2D eigenvalue weighted by Gasteiger charge is -2.19. The first-order chi connectivity index (χ1) is 7.72. The zero-order valence-electron chi connectivity index (χ0n) is 10.5. The summed E-state index contributed by atoms with van der Waals surface area (Å²) in [7, 11) is 0. The third-order valence-electron chi connectivity index (χ3n) is 3.86. The Morgan fingerprint density at radius 2 is 1.81 bits per heavy atom. The monoisotopic (exact) mass is 224 g/mol. The van der Waals surface area contributed by atoms with Crippen LogP contribution in [0.2, 0.25) is 0 Å². The molecule has 2 N–H and O–H groups in total. The Morgan fingerprint density at radius 1 is 1.25 bits per heavy atom. The molecule has 2 aliphatic carbocycles. The van der Waals surface area contributed by atoms with Gasteiger partial charge >= 0.3 is 0 Å². The average Bonchev–Trinajstić information content (AvgIpc) is 3.12. The van der Waals surface area contributed by atoms with Crippen molar-refractivity contribution in [2.45, 2.75) is 45.6 Å². The Balaban J connectivity index is 1.70. The van der Waals surface area contributed by atoms with Gasteiger partial charge in [-0.15, -0.1) is 0 Å². The minimum Gasteiger partial charge on any atom is -0.355 e. The van der Waals surface area contributed by atoms with Crippen molar-refractivity contribution in [3.63, 3.8) is 0 Å². The molecule has 0 aromatic heterocycles. The quantitative estimate of drug-likeness (QED) is 0.688. The highest BCUT2D eigenvalue weighted by atomic mass is 16.2. The summed E-state index contributed by atoms with van der Waals surface area (Å²) in [6.45, 7) is 5.68. The lowest BCUT2D eigenvalue weighted by atomic mass is 9.97. The highest BCUT2D eigenvalue weighted by molar-refractivity contribution is 5.81. The van der Waals surface area contributed by atoms with Crippen LogP contribution in [0.1, 0.15) is 39.5 Å². The fraction of sp³-hybridized carbons (Fsp3) is 0.923. The molecule has 1 amide bonds. The van der Waals surface area contributed by atoms with Crippen LogP contribution in [0.5, 0.6) is 0 Å². The second-order valence-corrected chi connectivity index (χ2v) is 5.36. The second kappa shape index (κ2) is 5.17. The molecule has 92 valence electrons. The largest absolute Gasteiger partial charge is 0.355 e. The maximum atomic E-state index is 11.6. The molecule has 2 rings (SSSR count). The first-order valence-corrected chi connectivity index (χ1v) is 6.73. The van der Waals surface area contributed by atoms with E-state index in [0.717, 1.165) is 30.8 Å². The van der Waals surface area contributed by atoms with Crippen LogP contribution in [-0.2, 0) is 4.79 Å². The van der Waals surface area contributed by atoms with Gasteiger partial charge in [0.15, 0.2) is 0 Å². The van der Waals surface area contributed by atoms with Crippen LogP contribution < -0.4 is 10.6 Å². The second-order valence-electron chi connectivity index (χ2n) is 5.36. The summed E-state index contributed by atoms with van der Waals surface area (Å²) >= 11 is 0. The van der Waals surface area contributed by atoms with Gasteiger partial charge in [-0.1, -0.05) is 0 Å². The molecule has 2 fully saturated rings. The Bertz CT molecular complexity index is 234. The van der Waals surface area contributed by atoms with Gasteiger partial charge in [0, 0.05) is 6.54 Å². The molecule has 2 saturated carbocycles. The number of hydrogen-bond donors (Lipinski definition) is 2. The summed E-state index contributed by atoms with van der Waals surface area (Å²) in [5, 5.41) is 6.26. The normalized spacial score (nSPS) is 22.2. The highest BCUT2D eigenvalue weighted by Gasteiger charge is 2.41. The molecule has 1 atom stereocenters. The van der Waals surface area contributed by atoms with Crippen molar-refractivity contribution in [1.29, 1.82) is 0 Å². The van der Waals surface area contributed by atoms with E-state index in [-0.39, 0.29) is 11.9 Å². The van der Waals surface area contributed by atoms with E-state index in [1.165, 1.54) is 25.7 Å². The van der Waals surface area contributed by atoms with Crippen LogP contribution in [0, 0.1) is 17.8 Å². The SMILES string of the molecule is CCNC(=O)C(C)NCC(C1CC1)C1CC1. The van der Waals surface area contributed by atoms with Crippen molar-refractivity contribution < 1.29 is 4.79 Å². The Labute approximate surface area is 98.4 Å². The minimum absolute atomic E-state index is 0.0417. The van der Waals surface area contributed by atoms with Gasteiger partial charge < -0.3 is 10.6 Å². The molecule has 0 heterocycles. The van der Waals surface area contributed by atoms with Gasteiger partial charge in [0.05, 0.1) is 6.04 Å². The van der Waals surface area contributed by atoms with Gasteiger partial charge in [0.25, 0.3) is 0 Å². The molecule has 0 aliphatic heterocycles. The number of nitrogens with one attached hydrogen (secondary N) is 2. The van der Waals surface area contributed by atoms with E-state index in [2.05, 4.69) is 10.6 Å².